The SMILES string of the molecule is CCc1cnc(CCNC(=O)Nc2nc(C)c(-c3cc(C)nc(OC)n3)s2)o1.C[O-].[Na+]. The molecule has 31 heavy (non-hydrogen) atoms. The number of carbonyl (C=O) groups excluding carboxylic acids is 1. The topological polar surface area (TPSA) is 138 Å². The standard InChI is InChI=1S/C18H22N6O3S.CH3O.Na/c1-5-12-9-20-14(27-12)6-7-19-16(25)24-18-22-11(3)15(28-18)13-8-10(2)21-17(23-13)26-4;1-2;/h8-9H,5-7H2,1-4H3,(H2,19,22,24,25);1H3;/q;-1;+1. The van der Waals surface area contributed by atoms with Gasteiger partial charge in [0.25, 0.3) is 0 Å². The number of ether oxygens (including phenoxy) is 1. The Morgan fingerprint density at radius 2 is 2.00 bits per heavy atom. The van der Waals surface area contributed by atoms with Crippen LogP contribution < -0.4 is 50.0 Å². The number of carbonyl (C=O) groups is 1. The quantitative estimate of drug-likeness (QED) is 0.437. The minimum absolute atomic E-state index is 0. The van der Waals surface area contributed by atoms with Crippen molar-refractivity contribution in [1.29, 1.82) is 0 Å². The third-order valence-electron chi connectivity index (χ3n) is 3.84. The molecule has 0 aliphatic rings. The van der Waals surface area contributed by atoms with E-state index in [0.29, 0.717) is 35.7 Å². The zero-order chi connectivity index (χ0) is 22.1. The van der Waals surface area contributed by atoms with Gasteiger partial charge in [0.2, 0.25) is 0 Å². The van der Waals surface area contributed by atoms with Gasteiger partial charge in [-0.05, 0) is 19.9 Å². The first-order valence-corrected chi connectivity index (χ1v) is 10.1. The van der Waals surface area contributed by atoms with E-state index in [9.17, 15) is 4.79 Å². The van der Waals surface area contributed by atoms with Crippen molar-refractivity contribution in [2.45, 2.75) is 33.6 Å². The monoisotopic (exact) mass is 456 g/mol. The number of amides is 2. The smallest absolute Gasteiger partial charge is 0.857 e. The number of thiazole rings is 1. The number of rotatable bonds is 7. The third-order valence-corrected chi connectivity index (χ3v) is 4.94. The zero-order valence-corrected chi connectivity index (χ0v) is 21.4. The van der Waals surface area contributed by atoms with Gasteiger partial charge in [0, 0.05) is 25.1 Å². The molecule has 0 radical (unpaired) electrons. The van der Waals surface area contributed by atoms with Gasteiger partial charge in [-0.1, -0.05) is 18.3 Å². The van der Waals surface area contributed by atoms with Gasteiger partial charge >= 0.3 is 41.6 Å². The molecule has 0 unspecified atom stereocenters. The van der Waals surface area contributed by atoms with Gasteiger partial charge < -0.3 is 19.6 Å². The Balaban J connectivity index is 0.00000156. The molecule has 0 fully saturated rings. The second kappa shape index (κ2) is 13.4. The molecule has 0 bridgehead atoms. The zero-order valence-electron chi connectivity index (χ0n) is 18.6. The summed E-state index contributed by atoms with van der Waals surface area (Å²) in [4.78, 5) is 30.1. The fourth-order valence-corrected chi connectivity index (χ4v) is 3.41. The number of anilines is 1. The largest absolute Gasteiger partial charge is 1.00 e. The fourth-order valence-electron chi connectivity index (χ4n) is 2.49. The normalized spacial score (nSPS) is 9.87. The van der Waals surface area contributed by atoms with Gasteiger partial charge in [0.05, 0.1) is 29.6 Å². The second-order valence-electron chi connectivity index (χ2n) is 6.02. The van der Waals surface area contributed by atoms with E-state index in [-0.39, 0.29) is 35.6 Å². The van der Waals surface area contributed by atoms with E-state index in [1.54, 1.807) is 6.20 Å². The average molecular weight is 457 g/mol. The minimum Gasteiger partial charge on any atom is -0.857 e. The summed E-state index contributed by atoms with van der Waals surface area (Å²) < 4.78 is 10.6. The first kappa shape index (κ1) is 27.0. The molecule has 3 heterocycles. The van der Waals surface area contributed by atoms with Crippen LogP contribution in [0.25, 0.3) is 10.6 Å². The van der Waals surface area contributed by atoms with E-state index in [1.165, 1.54) is 18.4 Å². The number of nitrogens with zero attached hydrogens (tertiary/aromatic N) is 4. The Hall–Kier alpha value is -2.05. The van der Waals surface area contributed by atoms with E-state index < -0.39 is 0 Å². The number of aryl methyl sites for hydroxylation is 3. The van der Waals surface area contributed by atoms with Crippen molar-refractivity contribution in [3.8, 4) is 16.6 Å². The molecule has 3 aromatic heterocycles. The van der Waals surface area contributed by atoms with Gasteiger partial charge in [0.1, 0.15) is 5.76 Å². The molecule has 0 aromatic carbocycles. The summed E-state index contributed by atoms with van der Waals surface area (Å²) in [5, 5.41) is 14.3. The molecular formula is C19H25N6NaO4S. The van der Waals surface area contributed by atoms with Crippen LogP contribution in [-0.4, -0.2) is 46.7 Å². The molecule has 2 N–H and O–H groups in total. The van der Waals surface area contributed by atoms with E-state index in [0.717, 1.165) is 35.6 Å². The Morgan fingerprint density at radius 3 is 2.65 bits per heavy atom. The van der Waals surface area contributed by atoms with Crippen molar-refractivity contribution < 1.29 is 48.6 Å². The summed E-state index contributed by atoms with van der Waals surface area (Å²) >= 11 is 1.35. The van der Waals surface area contributed by atoms with Gasteiger partial charge in [-0.15, -0.1) is 0 Å². The van der Waals surface area contributed by atoms with Crippen LogP contribution in [-0.2, 0) is 12.8 Å². The van der Waals surface area contributed by atoms with Crippen LogP contribution in [0.5, 0.6) is 6.01 Å². The number of aromatic nitrogens is 4. The van der Waals surface area contributed by atoms with Gasteiger partial charge in [-0.25, -0.2) is 19.7 Å². The predicted octanol–water partition coefficient (Wildman–Crippen LogP) is -0.879. The summed E-state index contributed by atoms with van der Waals surface area (Å²) in [6, 6.07) is 1.82. The summed E-state index contributed by atoms with van der Waals surface area (Å²) in [6.45, 7) is 6.15. The molecule has 0 saturated heterocycles. The molecule has 10 nitrogen and oxygen atoms in total. The minimum atomic E-state index is -0.334. The van der Waals surface area contributed by atoms with Gasteiger partial charge in [-0.3, -0.25) is 5.32 Å². The number of hydrogen-bond acceptors (Lipinski definition) is 9. The molecule has 12 heteroatoms. The molecule has 162 valence electrons. The maximum Gasteiger partial charge on any atom is 1.00 e. The Kier molecular flexibility index (Phi) is 11.6. The molecule has 3 rings (SSSR count). The van der Waals surface area contributed by atoms with E-state index >= 15 is 0 Å². The maximum absolute atomic E-state index is 12.1. The van der Waals surface area contributed by atoms with E-state index in [4.69, 9.17) is 14.3 Å². The van der Waals surface area contributed by atoms with E-state index in [1.807, 2.05) is 26.8 Å². The van der Waals surface area contributed by atoms with Crippen LogP contribution >= 0.6 is 11.3 Å². The molecule has 0 atom stereocenters. The third kappa shape index (κ3) is 7.86. The first-order valence-electron chi connectivity index (χ1n) is 9.25. The number of oxazole rings is 1. The Morgan fingerprint density at radius 1 is 1.26 bits per heavy atom. The number of nitrogens with one attached hydrogen (secondary N) is 2. The number of hydrogen-bond donors (Lipinski definition) is 2. The van der Waals surface area contributed by atoms with Gasteiger partial charge in [-0.2, -0.15) is 12.1 Å². The van der Waals surface area contributed by atoms with Crippen LogP contribution in [0.4, 0.5) is 9.93 Å². The number of urea groups is 1. The van der Waals surface area contributed by atoms with Crippen LogP contribution in [0.2, 0.25) is 0 Å². The van der Waals surface area contributed by atoms with Gasteiger partial charge in [0.15, 0.2) is 11.0 Å². The van der Waals surface area contributed by atoms with Crippen LogP contribution in [0.15, 0.2) is 16.7 Å². The Bertz CT molecular complexity index is 978. The molecule has 0 spiro atoms. The van der Waals surface area contributed by atoms with Crippen molar-refractivity contribution in [1.82, 2.24) is 25.3 Å². The number of methoxy groups -OCH3 is 1. The summed E-state index contributed by atoms with van der Waals surface area (Å²) in [5.74, 6) is 1.44. The van der Waals surface area contributed by atoms with Crippen molar-refractivity contribution in [3.05, 3.63) is 35.3 Å². The maximum atomic E-state index is 12.1. The van der Waals surface area contributed by atoms with Crippen molar-refractivity contribution in [2.24, 2.45) is 0 Å². The molecule has 0 aliphatic heterocycles. The van der Waals surface area contributed by atoms with Crippen molar-refractivity contribution in [3.63, 3.8) is 0 Å². The summed E-state index contributed by atoms with van der Waals surface area (Å²) in [6.07, 6.45) is 3.03. The van der Waals surface area contributed by atoms with Crippen LogP contribution in [0.3, 0.4) is 0 Å². The van der Waals surface area contributed by atoms with Crippen molar-refractivity contribution in [2.75, 3.05) is 26.1 Å². The van der Waals surface area contributed by atoms with Crippen LogP contribution in [0, 0.1) is 13.8 Å². The fraction of sp³-hybridized carbons (Fsp3) is 0.421. The second-order valence-corrected chi connectivity index (χ2v) is 7.02. The summed E-state index contributed by atoms with van der Waals surface area (Å²) in [7, 11) is 2.27. The Labute approximate surface area is 207 Å². The average Bonchev–Trinajstić information content (AvgIpc) is 3.35. The molecular weight excluding hydrogens is 431 g/mol. The predicted molar refractivity (Wildman–Crippen MR) is 112 cm³/mol. The van der Waals surface area contributed by atoms with E-state index in [2.05, 4.69) is 30.6 Å². The summed E-state index contributed by atoms with van der Waals surface area (Å²) in [5.41, 5.74) is 2.27. The molecule has 2 amide bonds. The molecule has 0 aliphatic carbocycles. The van der Waals surface area contributed by atoms with Crippen molar-refractivity contribution >= 4 is 22.5 Å². The molecule has 0 saturated carbocycles. The first-order chi connectivity index (χ1) is 14.5. The van der Waals surface area contributed by atoms with Crippen LogP contribution in [0.1, 0.15) is 30.0 Å². The molecule has 3 aromatic rings.